The SMILES string of the molecule is CCCCOc1ccc(C=NNC(=O)c2cc(-c3ccc(C(C)C)cc3)nc3ccccc23)cc1OCC. The minimum atomic E-state index is -0.301. The highest BCUT2D eigenvalue weighted by Gasteiger charge is 2.14. The lowest BCUT2D eigenvalue weighted by atomic mass is 9.99. The Morgan fingerprint density at radius 1 is 0.974 bits per heavy atom. The van der Waals surface area contributed by atoms with E-state index in [9.17, 15) is 4.79 Å². The molecule has 0 radical (unpaired) electrons. The first-order chi connectivity index (χ1) is 18.5. The van der Waals surface area contributed by atoms with Crippen molar-refractivity contribution in [2.24, 2.45) is 5.10 Å². The molecule has 3 aromatic carbocycles. The number of fused-ring (bicyclic) bond motifs is 1. The van der Waals surface area contributed by atoms with Gasteiger partial charge >= 0.3 is 0 Å². The maximum atomic E-state index is 13.2. The Balaban J connectivity index is 1.56. The first-order valence-corrected chi connectivity index (χ1v) is 13.2. The summed E-state index contributed by atoms with van der Waals surface area (Å²) in [6.45, 7) is 9.56. The second-order valence-corrected chi connectivity index (χ2v) is 9.39. The molecule has 0 bridgehead atoms. The lowest BCUT2D eigenvalue weighted by Crippen LogP contribution is -2.18. The number of hydrogen-bond acceptors (Lipinski definition) is 5. The van der Waals surface area contributed by atoms with Gasteiger partial charge in [-0.1, -0.05) is 69.7 Å². The molecule has 4 rings (SSSR count). The van der Waals surface area contributed by atoms with Gasteiger partial charge in [-0.2, -0.15) is 5.10 Å². The first kappa shape index (κ1) is 26.9. The molecule has 1 aromatic heterocycles. The molecule has 196 valence electrons. The molecule has 1 heterocycles. The van der Waals surface area contributed by atoms with Crippen molar-refractivity contribution in [3.05, 3.63) is 89.5 Å². The van der Waals surface area contributed by atoms with Crippen molar-refractivity contribution in [1.29, 1.82) is 0 Å². The smallest absolute Gasteiger partial charge is 0.272 e. The molecular formula is C32H35N3O3. The highest BCUT2D eigenvalue weighted by molar-refractivity contribution is 6.07. The third kappa shape index (κ3) is 6.57. The van der Waals surface area contributed by atoms with Crippen molar-refractivity contribution < 1.29 is 14.3 Å². The number of hydrazone groups is 1. The van der Waals surface area contributed by atoms with Crippen LogP contribution in [0.5, 0.6) is 11.5 Å². The van der Waals surface area contributed by atoms with Gasteiger partial charge in [-0.25, -0.2) is 10.4 Å². The second kappa shape index (κ2) is 12.9. The fourth-order valence-corrected chi connectivity index (χ4v) is 4.09. The molecule has 0 aliphatic rings. The third-order valence-electron chi connectivity index (χ3n) is 6.24. The molecule has 0 aliphatic heterocycles. The third-order valence-corrected chi connectivity index (χ3v) is 6.24. The van der Waals surface area contributed by atoms with Crippen LogP contribution in [0.25, 0.3) is 22.2 Å². The molecular weight excluding hydrogens is 474 g/mol. The Morgan fingerprint density at radius 3 is 2.50 bits per heavy atom. The van der Waals surface area contributed by atoms with Crippen LogP contribution in [-0.2, 0) is 0 Å². The molecule has 1 amide bonds. The molecule has 38 heavy (non-hydrogen) atoms. The number of hydrogen-bond donors (Lipinski definition) is 1. The quantitative estimate of drug-likeness (QED) is 0.130. The van der Waals surface area contributed by atoms with Crippen molar-refractivity contribution in [2.75, 3.05) is 13.2 Å². The van der Waals surface area contributed by atoms with Crippen LogP contribution >= 0.6 is 0 Å². The molecule has 0 unspecified atom stereocenters. The monoisotopic (exact) mass is 509 g/mol. The highest BCUT2D eigenvalue weighted by atomic mass is 16.5. The summed E-state index contributed by atoms with van der Waals surface area (Å²) in [7, 11) is 0. The van der Waals surface area contributed by atoms with Gasteiger partial charge in [0.1, 0.15) is 0 Å². The lowest BCUT2D eigenvalue weighted by Gasteiger charge is -2.12. The van der Waals surface area contributed by atoms with Crippen LogP contribution in [0, 0.1) is 0 Å². The van der Waals surface area contributed by atoms with Gasteiger partial charge in [0, 0.05) is 10.9 Å². The molecule has 1 N–H and O–H groups in total. The van der Waals surface area contributed by atoms with Crippen LogP contribution in [0.4, 0.5) is 0 Å². The van der Waals surface area contributed by atoms with E-state index in [0.717, 1.165) is 40.6 Å². The summed E-state index contributed by atoms with van der Waals surface area (Å²) in [6, 6.07) is 23.4. The zero-order chi connectivity index (χ0) is 26.9. The number of carbonyl (C=O) groups is 1. The number of aromatic nitrogens is 1. The van der Waals surface area contributed by atoms with Gasteiger partial charge in [0.15, 0.2) is 11.5 Å². The van der Waals surface area contributed by atoms with E-state index in [2.05, 4.69) is 55.6 Å². The number of ether oxygens (including phenoxy) is 2. The van der Waals surface area contributed by atoms with Crippen LogP contribution < -0.4 is 14.9 Å². The van der Waals surface area contributed by atoms with E-state index in [1.807, 2.05) is 55.5 Å². The van der Waals surface area contributed by atoms with Gasteiger partial charge in [-0.3, -0.25) is 4.79 Å². The molecule has 0 spiro atoms. The lowest BCUT2D eigenvalue weighted by molar-refractivity contribution is 0.0956. The summed E-state index contributed by atoms with van der Waals surface area (Å²) in [5, 5.41) is 5.00. The molecule has 6 heteroatoms. The number of rotatable bonds is 11. The van der Waals surface area contributed by atoms with Crippen LogP contribution in [0.15, 0.2) is 77.9 Å². The molecule has 0 aliphatic carbocycles. The number of unbranched alkanes of at least 4 members (excludes halogenated alkanes) is 1. The molecule has 0 atom stereocenters. The van der Waals surface area contributed by atoms with Crippen LogP contribution in [0.3, 0.4) is 0 Å². The van der Waals surface area contributed by atoms with Crippen LogP contribution in [-0.4, -0.2) is 30.3 Å². The Kier molecular flexibility index (Phi) is 9.09. The van der Waals surface area contributed by atoms with Crippen molar-refractivity contribution in [1.82, 2.24) is 10.4 Å². The van der Waals surface area contributed by atoms with Crippen molar-refractivity contribution in [3.63, 3.8) is 0 Å². The number of pyridine rings is 1. The number of amides is 1. The molecule has 0 saturated heterocycles. The van der Waals surface area contributed by atoms with Crippen molar-refractivity contribution in [2.45, 2.75) is 46.5 Å². The largest absolute Gasteiger partial charge is 0.490 e. The fraction of sp³-hybridized carbons (Fsp3) is 0.281. The van der Waals surface area contributed by atoms with Gasteiger partial charge in [0.25, 0.3) is 5.91 Å². The van der Waals surface area contributed by atoms with Gasteiger partial charge in [-0.05, 0) is 60.7 Å². The summed E-state index contributed by atoms with van der Waals surface area (Å²) in [5.74, 6) is 1.51. The van der Waals surface area contributed by atoms with Crippen molar-refractivity contribution in [3.8, 4) is 22.8 Å². The number of para-hydroxylation sites is 1. The molecule has 0 fully saturated rings. The predicted molar refractivity (Wildman–Crippen MR) is 154 cm³/mol. The van der Waals surface area contributed by atoms with Crippen LogP contribution in [0.1, 0.15) is 67.9 Å². The normalized spacial score (nSPS) is 11.3. The van der Waals surface area contributed by atoms with Gasteiger partial charge < -0.3 is 9.47 Å². The number of nitrogens with zero attached hydrogens (tertiary/aromatic N) is 2. The minimum Gasteiger partial charge on any atom is -0.490 e. The molecule has 0 saturated carbocycles. The number of carbonyl (C=O) groups excluding carboxylic acids is 1. The zero-order valence-electron chi connectivity index (χ0n) is 22.5. The average Bonchev–Trinajstić information content (AvgIpc) is 2.93. The summed E-state index contributed by atoms with van der Waals surface area (Å²) < 4.78 is 11.6. The van der Waals surface area contributed by atoms with E-state index in [-0.39, 0.29) is 5.91 Å². The fourth-order valence-electron chi connectivity index (χ4n) is 4.09. The second-order valence-electron chi connectivity index (χ2n) is 9.39. The summed E-state index contributed by atoms with van der Waals surface area (Å²) in [4.78, 5) is 18.1. The summed E-state index contributed by atoms with van der Waals surface area (Å²) in [6.07, 6.45) is 3.65. The highest BCUT2D eigenvalue weighted by Crippen LogP contribution is 2.29. The van der Waals surface area contributed by atoms with E-state index in [4.69, 9.17) is 14.5 Å². The van der Waals surface area contributed by atoms with Gasteiger partial charge in [0.05, 0.1) is 36.2 Å². The first-order valence-electron chi connectivity index (χ1n) is 13.2. The van der Waals surface area contributed by atoms with E-state index >= 15 is 0 Å². The summed E-state index contributed by atoms with van der Waals surface area (Å²) >= 11 is 0. The topological polar surface area (TPSA) is 72.8 Å². The predicted octanol–water partition coefficient (Wildman–Crippen LogP) is 7.37. The van der Waals surface area contributed by atoms with Gasteiger partial charge in [0.2, 0.25) is 0 Å². The number of nitrogens with one attached hydrogen (secondary N) is 1. The minimum absolute atomic E-state index is 0.301. The maximum absolute atomic E-state index is 13.2. The van der Waals surface area contributed by atoms with E-state index < -0.39 is 0 Å². The Hall–Kier alpha value is -4.19. The van der Waals surface area contributed by atoms with E-state index in [1.54, 1.807) is 6.21 Å². The molecule has 6 nitrogen and oxygen atoms in total. The Morgan fingerprint density at radius 2 is 1.76 bits per heavy atom. The van der Waals surface area contributed by atoms with Crippen molar-refractivity contribution >= 4 is 23.0 Å². The maximum Gasteiger partial charge on any atom is 0.272 e. The Bertz CT molecular complexity index is 1410. The average molecular weight is 510 g/mol. The van der Waals surface area contributed by atoms with E-state index in [1.165, 1.54) is 5.56 Å². The Labute approximate surface area is 224 Å². The zero-order valence-corrected chi connectivity index (χ0v) is 22.5. The van der Waals surface area contributed by atoms with E-state index in [0.29, 0.717) is 36.2 Å². The number of benzene rings is 3. The standard InChI is InChI=1S/C32H35N3O3/c1-5-7-18-38-30-17-12-23(19-31(30)37-6-2)21-33-35-32(36)27-20-29(34-28-11-9-8-10-26(27)28)25-15-13-24(14-16-25)22(3)4/h8-17,19-22H,5-7,18H2,1-4H3,(H,35,36). The van der Waals surface area contributed by atoms with Crippen LogP contribution in [0.2, 0.25) is 0 Å². The summed E-state index contributed by atoms with van der Waals surface area (Å²) in [5.41, 5.74) is 7.71. The molecule has 4 aromatic rings. The van der Waals surface area contributed by atoms with Gasteiger partial charge in [-0.15, -0.1) is 0 Å².